The van der Waals surface area contributed by atoms with Gasteiger partial charge >= 0.3 is 5.97 Å². The number of hydrogen-bond donors (Lipinski definition) is 1. The van der Waals surface area contributed by atoms with E-state index < -0.39 is 11.4 Å². The van der Waals surface area contributed by atoms with Crippen molar-refractivity contribution in [3.63, 3.8) is 0 Å². The van der Waals surface area contributed by atoms with Gasteiger partial charge in [0.25, 0.3) is 0 Å². The summed E-state index contributed by atoms with van der Waals surface area (Å²) in [6, 6.07) is 7.62. The quantitative estimate of drug-likeness (QED) is 0.898. The molecule has 1 aliphatic rings. The Kier molecular flexibility index (Phi) is 4.10. The molecule has 1 fully saturated rings. The van der Waals surface area contributed by atoms with E-state index in [1.807, 2.05) is 36.4 Å². The van der Waals surface area contributed by atoms with Gasteiger partial charge in [0.2, 0.25) is 0 Å². The Bertz CT molecular complexity index is 513. The molecule has 2 rings (SSSR count). The van der Waals surface area contributed by atoms with Crippen LogP contribution >= 0.6 is 11.8 Å². The average Bonchev–Trinajstić information content (AvgIpc) is 3.16. The summed E-state index contributed by atoms with van der Waals surface area (Å²) in [6.45, 7) is 1.55. The zero-order chi connectivity index (χ0) is 13.9. The Balaban J connectivity index is 1.99. The smallest absolute Gasteiger partial charge is 0.314 e. The second-order valence-electron chi connectivity index (χ2n) is 4.71. The van der Waals surface area contributed by atoms with E-state index in [0.29, 0.717) is 5.75 Å². The van der Waals surface area contributed by atoms with Gasteiger partial charge in [0.15, 0.2) is 5.12 Å². The van der Waals surface area contributed by atoms with Crippen LogP contribution in [-0.4, -0.2) is 21.9 Å². The molecule has 0 radical (unpaired) electrons. The van der Waals surface area contributed by atoms with Crippen molar-refractivity contribution in [1.82, 2.24) is 0 Å². The fourth-order valence-corrected chi connectivity index (χ4v) is 2.44. The van der Waals surface area contributed by atoms with Crippen molar-refractivity contribution in [2.45, 2.75) is 25.2 Å². The van der Waals surface area contributed by atoms with E-state index in [4.69, 9.17) is 0 Å². The fourth-order valence-electron chi connectivity index (χ4n) is 2.01. The number of hydrogen-bond acceptors (Lipinski definition) is 3. The Morgan fingerprint density at radius 2 is 1.95 bits per heavy atom. The molecule has 0 amide bonds. The molecule has 0 saturated heterocycles. The monoisotopic (exact) mass is 276 g/mol. The molecule has 0 aliphatic heterocycles. The molecule has 1 aliphatic carbocycles. The lowest BCUT2D eigenvalue weighted by Crippen LogP contribution is -2.19. The van der Waals surface area contributed by atoms with Crippen LogP contribution in [0.3, 0.4) is 0 Å². The molecule has 1 N–H and O–H groups in total. The van der Waals surface area contributed by atoms with Crippen LogP contribution in [0.5, 0.6) is 0 Å². The van der Waals surface area contributed by atoms with Gasteiger partial charge in [-0.15, -0.1) is 0 Å². The third-order valence-corrected chi connectivity index (χ3v) is 4.08. The minimum atomic E-state index is -0.728. The van der Waals surface area contributed by atoms with Crippen molar-refractivity contribution < 1.29 is 14.7 Å². The number of carbonyl (C=O) groups is 2. The van der Waals surface area contributed by atoms with Crippen molar-refractivity contribution in [2.75, 3.05) is 5.75 Å². The lowest BCUT2D eigenvalue weighted by molar-refractivity contribution is -0.140. The SMILES string of the molecule is CC(=O)SCC=Cc1ccc(C2(C(=O)O)CC2)cc1. The highest BCUT2D eigenvalue weighted by molar-refractivity contribution is 8.13. The van der Waals surface area contributed by atoms with Gasteiger partial charge in [-0.2, -0.15) is 0 Å². The van der Waals surface area contributed by atoms with Gasteiger partial charge in [-0.05, 0) is 24.0 Å². The number of aliphatic carboxylic acids is 1. The van der Waals surface area contributed by atoms with Crippen LogP contribution < -0.4 is 0 Å². The molecular weight excluding hydrogens is 260 g/mol. The lowest BCUT2D eigenvalue weighted by Gasteiger charge is -2.09. The Hall–Kier alpha value is -1.55. The highest BCUT2D eigenvalue weighted by atomic mass is 32.2. The Morgan fingerprint density at radius 1 is 1.32 bits per heavy atom. The maximum atomic E-state index is 11.2. The molecule has 0 bridgehead atoms. The second-order valence-corrected chi connectivity index (χ2v) is 5.91. The summed E-state index contributed by atoms with van der Waals surface area (Å²) >= 11 is 1.27. The first-order valence-electron chi connectivity index (χ1n) is 6.18. The Labute approximate surface area is 116 Å². The standard InChI is InChI=1S/C15H16O3S/c1-11(16)19-10-2-3-12-4-6-13(7-5-12)15(8-9-15)14(17)18/h2-7H,8-10H2,1H3,(H,17,18). The summed E-state index contributed by atoms with van der Waals surface area (Å²) in [7, 11) is 0. The number of carboxylic acid groups (broad SMARTS) is 1. The minimum Gasteiger partial charge on any atom is -0.481 e. The van der Waals surface area contributed by atoms with Crippen LogP contribution in [0.4, 0.5) is 0 Å². The maximum absolute atomic E-state index is 11.2. The molecule has 3 nitrogen and oxygen atoms in total. The van der Waals surface area contributed by atoms with Crippen molar-refractivity contribution in [1.29, 1.82) is 0 Å². The molecule has 0 atom stereocenters. The highest BCUT2D eigenvalue weighted by Crippen LogP contribution is 2.48. The van der Waals surface area contributed by atoms with E-state index in [9.17, 15) is 14.7 Å². The molecule has 1 saturated carbocycles. The number of carboxylic acids is 1. The maximum Gasteiger partial charge on any atom is 0.314 e. The molecular formula is C15H16O3S. The largest absolute Gasteiger partial charge is 0.481 e. The zero-order valence-electron chi connectivity index (χ0n) is 10.8. The fraction of sp³-hybridized carbons (Fsp3) is 0.333. The summed E-state index contributed by atoms with van der Waals surface area (Å²) < 4.78 is 0. The van der Waals surface area contributed by atoms with Gasteiger partial charge < -0.3 is 5.11 Å². The normalized spacial score (nSPS) is 16.5. The summed E-state index contributed by atoms with van der Waals surface area (Å²) in [6.07, 6.45) is 5.34. The van der Waals surface area contributed by atoms with E-state index in [1.165, 1.54) is 11.8 Å². The van der Waals surface area contributed by atoms with Crippen LogP contribution in [0.15, 0.2) is 30.3 Å². The first kappa shape index (κ1) is 13.9. The molecule has 100 valence electrons. The third kappa shape index (κ3) is 3.26. The first-order chi connectivity index (χ1) is 9.04. The minimum absolute atomic E-state index is 0.108. The summed E-state index contributed by atoms with van der Waals surface area (Å²) in [5.41, 5.74) is 1.27. The van der Waals surface area contributed by atoms with E-state index in [0.717, 1.165) is 24.0 Å². The van der Waals surface area contributed by atoms with E-state index in [-0.39, 0.29) is 5.12 Å². The predicted molar refractivity (Wildman–Crippen MR) is 77.2 cm³/mol. The molecule has 19 heavy (non-hydrogen) atoms. The van der Waals surface area contributed by atoms with E-state index >= 15 is 0 Å². The number of rotatable bonds is 5. The van der Waals surface area contributed by atoms with Crippen LogP contribution in [0.1, 0.15) is 30.9 Å². The van der Waals surface area contributed by atoms with E-state index in [1.54, 1.807) is 6.92 Å². The van der Waals surface area contributed by atoms with Crippen molar-refractivity contribution in [3.05, 3.63) is 41.5 Å². The molecule has 0 spiro atoms. The molecule has 0 heterocycles. The summed E-state index contributed by atoms with van der Waals surface area (Å²) in [5.74, 6) is -0.0653. The Morgan fingerprint density at radius 3 is 2.42 bits per heavy atom. The van der Waals surface area contributed by atoms with Crippen LogP contribution in [0, 0.1) is 0 Å². The molecule has 1 aromatic carbocycles. The molecule has 1 aromatic rings. The van der Waals surface area contributed by atoms with Crippen LogP contribution in [0.25, 0.3) is 6.08 Å². The van der Waals surface area contributed by atoms with Gasteiger partial charge in [-0.25, -0.2) is 0 Å². The average molecular weight is 276 g/mol. The number of benzene rings is 1. The van der Waals surface area contributed by atoms with Crippen LogP contribution in [-0.2, 0) is 15.0 Å². The number of carbonyl (C=O) groups excluding carboxylic acids is 1. The molecule has 4 heteroatoms. The van der Waals surface area contributed by atoms with Crippen LogP contribution in [0.2, 0.25) is 0 Å². The highest BCUT2D eigenvalue weighted by Gasteiger charge is 2.51. The number of thioether (sulfide) groups is 1. The van der Waals surface area contributed by atoms with Gasteiger partial charge in [0, 0.05) is 12.7 Å². The van der Waals surface area contributed by atoms with Gasteiger partial charge in [-0.3, -0.25) is 9.59 Å². The van der Waals surface area contributed by atoms with Gasteiger partial charge in [0.1, 0.15) is 0 Å². The molecule has 0 unspecified atom stereocenters. The molecule has 0 aromatic heterocycles. The lowest BCUT2D eigenvalue weighted by atomic mass is 9.95. The topological polar surface area (TPSA) is 54.4 Å². The van der Waals surface area contributed by atoms with Gasteiger partial charge in [-0.1, -0.05) is 48.2 Å². The van der Waals surface area contributed by atoms with E-state index in [2.05, 4.69) is 0 Å². The second kappa shape index (κ2) is 5.61. The van der Waals surface area contributed by atoms with Crippen molar-refractivity contribution in [2.24, 2.45) is 0 Å². The summed E-state index contributed by atoms with van der Waals surface area (Å²) in [4.78, 5) is 21.9. The van der Waals surface area contributed by atoms with Crippen molar-refractivity contribution in [3.8, 4) is 0 Å². The van der Waals surface area contributed by atoms with Crippen molar-refractivity contribution >= 4 is 28.9 Å². The zero-order valence-corrected chi connectivity index (χ0v) is 11.6. The first-order valence-corrected chi connectivity index (χ1v) is 7.17. The summed E-state index contributed by atoms with van der Waals surface area (Å²) in [5, 5.41) is 9.31. The third-order valence-electron chi connectivity index (χ3n) is 3.32. The predicted octanol–water partition coefficient (Wildman–Crippen LogP) is 3.10. The van der Waals surface area contributed by atoms with Gasteiger partial charge in [0.05, 0.1) is 5.41 Å².